The van der Waals surface area contributed by atoms with Crippen molar-refractivity contribution in [2.75, 3.05) is 49.9 Å². The number of ether oxygens (including phenoxy) is 1. The lowest BCUT2D eigenvalue weighted by Gasteiger charge is -2.35. The molecular formula is C18H25N3O6S. The smallest absolute Gasteiger partial charge is 0.409 e. The second-order valence-corrected chi connectivity index (χ2v) is 8.35. The molecular weight excluding hydrogens is 386 g/mol. The lowest BCUT2D eigenvalue weighted by molar-refractivity contribution is -0.131. The van der Waals surface area contributed by atoms with Crippen molar-refractivity contribution in [3.63, 3.8) is 0 Å². The van der Waals surface area contributed by atoms with Crippen LogP contribution in [0.2, 0.25) is 0 Å². The second kappa shape index (κ2) is 9.05. The van der Waals surface area contributed by atoms with Gasteiger partial charge in [-0.1, -0.05) is 12.1 Å². The summed E-state index contributed by atoms with van der Waals surface area (Å²) in [4.78, 5) is 39.0. The summed E-state index contributed by atoms with van der Waals surface area (Å²) < 4.78 is 30.4. The monoisotopic (exact) mass is 411 g/mol. The highest BCUT2D eigenvalue weighted by Gasteiger charge is 2.28. The Morgan fingerprint density at radius 1 is 1.11 bits per heavy atom. The van der Waals surface area contributed by atoms with Crippen LogP contribution in [-0.4, -0.2) is 81.6 Å². The highest BCUT2D eigenvalue weighted by molar-refractivity contribution is 7.92. The summed E-state index contributed by atoms with van der Waals surface area (Å²) in [5.41, 5.74) is 0.621. The Hall–Kier alpha value is -2.62. The minimum Gasteiger partial charge on any atom is -0.450 e. The first-order valence-electron chi connectivity index (χ1n) is 8.91. The summed E-state index contributed by atoms with van der Waals surface area (Å²) in [7, 11) is -3.74. The van der Waals surface area contributed by atoms with Gasteiger partial charge in [-0.25, -0.2) is 13.2 Å². The number of carbonyl (C=O) groups is 3. The third kappa shape index (κ3) is 5.44. The molecule has 0 bridgehead atoms. The summed E-state index contributed by atoms with van der Waals surface area (Å²) in [6.07, 6.45) is 0.591. The normalized spacial score (nSPS) is 14.5. The number of piperazine rings is 1. The minimum atomic E-state index is -3.74. The number of nitrogens with zero attached hydrogens (tertiary/aromatic N) is 3. The second-order valence-electron chi connectivity index (χ2n) is 6.44. The van der Waals surface area contributed by atoms with Crippen molar-refractivity contribution in [2.45, 2.75) is 13.8 Å². The number of Topliss-reactive ketones (excluding diaryl/α,β-unsaturated/α-hetero) is 1. The van der Waals surface area contributed by atoms with Gasteiger partial charge in [-0.15, -0.1) is 0 Å². The molecule has 0 unspecified atom stereocenters. The summed E-state index contributed by atoms with van der Waals surface area (Å²) in [6, 6.07) is 6.16. The molecule has 0 aromatic heterocycles. The van der Waals surface area contributed by atoms with E-state index < -0.39 is 16.1 Å². The Kier molecular flexibility index (Phi) is 7.00. The average molecular weight is 411 g/mol. The fourth-order valence-corrected chi connectivity index (χ4v) is 3.70. The molecule has 0 spiro atoms. The predicted molar refractivity (Wildman–Crippen MR) is 104 cm³/mol. The molecule has 0 N–H and O–H groups in total. The van der Waals surface area contributed by atoms with Crippen LogP contribution < -0.4 is 4.31 Å². The first kappa shape index (κ1) is 21.7. The van der Waals surface area contributed by atoms with Crippen LogP contribution in [0.5, 0.6) is 0 Å². The predicted octanol–water partition coefficient (Wildman–Crippen LogP) is 0.956. The standard InChI is InChI=1S/C18H25N3O6S/c1-4-27-18(24)20-10-8-19(9-11-20)17(23)13-21(28(3,25)26)16-7-5-6-15(12-16)14(2)22/h5-7,12H,4,8-11,13H2,1-3H3. The van der Waals surface area contributed by atoms with Crippen LogP contribution in [0.25, 0.3) is 0 Å². The molecule has 2 amide bonds. The first-order valence-corrected chi connectivity index (χ1v) is 10.8. The van der Waals surface area contributed by atoms with Gasteiger partial charge in [-0.2, -0.15) is 0 Å². The minimum absolute atomic E-state index is 0.197. The van der Waals surface area contributed by atoms with Crippen molar-refractivity contribution in [3.05, 3.63) is 29.8 Å². The van der Waals surface area contributed by atoms with E-state index in [4.69, 9.17) is 4.74 Å². The third-order valence-corrected chi connectivity index (χ3v) is 5.52. The molecule has 10 heteroatoms. The number of carbonyl (C=O) groups excluding carboxylic acids is 3. The van der Waals surface area contributed by atoms with E-state index in [1.807, 2.05) is 0 Å². The Morgan fingerprint density at radius 3 is 2.25 bits per heavy atom. The van der Waals surface area contributed by atoms with E-state index in [1.165, 1.54) is 22.8 Å². The lowest BCUT2D eigenvalue weighted by Crippen LogP contribution is -2.53. The van der Waals surface area contributed by atoms with E-state index in [-0.39, 0.29) is 30.5 Å². The van der Waals surface area contributed by atoms with Crippen LogP contribution in [0.15, 0.2) is 24.3 Å². The number of ketones is 1. The number of anilines is 1. The molecule has 1 aliphatic heterocycles. The van der Waals surface area contributed by atoms with Crippen LogP contribution >= 0.6 is 0 Å². The van der Waals surface area contributed by atoms with Crippen LogP contribution in [0.4, 0.5) is 10.5 Å². The van der Waals surface area contributed by atoms with E-state index in [1.54, 1.807) is 25.1 Å². The average Bonchev–Trinajstić information content (AvgIpc) is 2.65. The Bertz CT molecular complexity index is 847. The van der Waals surface area contributed by atoms with Crippen molar-refractivity contribution in [1.29, 1.82) is 0 Å². The van der Waals surface area contributed by atoms with Gasteiger partial charge in [0.2, 0.25) is 15.9 Å². The molecule has 1 heterocycles. The van der Waals surface area contributed by atoms with E-state index >= 15 is 0 Å². The van der Waals surface area contributed by atoms with Crippen molar-refractivity contribution in [3.8, 4) is 0 Å². The van der Waals surface area contributed by atoms with Gasteiger partial charge in [-0.05, 0) is 26.0 Å². The Morgan fingerprint density at radius 2 is 1.71 bits per heavy atom. The van der Waals surface area contributed by atoms with Gasteiger partial charge < -0.3 is 14.5 Å². The van der Waals surface area contributed by atoms with Crippen molar-refractivity contribution < 1.29 is 27.5 Å². The molecule has 0 aliphatic carbocycles. The van der Waals surface area contributed by atoms with Crippen LogP contribution in [0.3, 0.4) is 0 Å². The maximum Gasteiger partial charge on any atom is 0.409 e. The summed E-state index contributed by atoms with van der Waals surface area (Å²) in [5, 5.41) is 0. The quantitative estimate of drug-likeness (QED) is 0.646. The van der Waals surface area contributed by atoms with Crippen molar-refractivity contribution in [2.24, 2.45) is 0 Å². The van der Waals surface area contributed by atoms with E-state index in [0.717, 1.165) is 10.6 Å². The van der Waals surface area contributed by atoms with Gasteiger partial charge in [0.25, 0.3) is 0 Å². The highest BCUT2D eigenvalue weighted by Crippen LogP contribution is 2.20. The fraction of sp³-hybridized carbons (Fsp3) is 0.500. The molecule has 1 saturated heterocycles. The summed E-state index contributed by atoms with van der Waals surface area (Å²) in [5.74, 6) is -0.570. The van der Waals surface area contributed by atoms with Gasteiger partial charge in [0, 0.05) is 31.7 Å². The zero-order chi connectivity index (χ0) is 20.9. The molecule has 0 radical (unpaired) electrons. The number of sulfonamides is 1. The molecule has 1 aromatic rings. The fourth-order valence-electron chi connectivity index (χ4n) is 2.86. The first-order chi connectivity index (χ1) is 13.1. The SMILES string of the molecule is CCOC(=O)N1CCN(C(=O)CN(c2cccc(C(C)=O)c2)S(C)(=O)=O)CC1. The maximum absolute atomic E-state index is 12.7. The van der Waals surface area contributed by atoms with E-state index in [2.05, 4.69) is 0 Å². The van der Waals surface area contributed by atoms with Gasteiger partial charge in [0.15, 0.2) is 5.78 Å². The largest absolute Gasteiger partial charge is 0.450 e. The molecule has 0 saturated carbocycles. The number of hydrogen-bond donors (Lipinski definition) is 0. The van der Waals surface area contributed by atoms with Crippen LogP contribution in [-0.2, 0) is 19.6 Å². The topological polar surface area (TPSA) is 104 Å². The van der Waals surface area contributed by atoms with E-state index in [0.29, 0.717) is 31.7 Å². The van der Waals surface area contributed by atoms with Crippen LogP contribution in [0, 0.1) is 0 Å². The van der Waals surface area contributed by atoms with Crippen molar-refractivity contribution in [1.82, 2.24) is 9.80 Å². The highest BCUT2D eigenvalue weighted by atomic mass is 32.2. The number of benzene rings is 1. The maximum atomic E-state index is 12.7. The molecule has 1 fully saturated rings. The third-order valence-electron chi connectivity index (χ3n) is 4.38. The summed E-state index contributed by atoms with van der Waals surface area (Å²) >= 11 is 0. The molecule has 1 aromatic carbocycles. The van der Waals surface area contributed by atoms with Crippen LogP contribution in [0.1, 0.15) is 24.2 Å². The molecule has 0 atom stereocenters. The molecule has 2 rings (SSSR count). The van der Waals surface area contributed by atoms with Gasteiger partial charge >= 0.3 is 6.09 Å². The summed E-state index contributed by atoms with van der Waals surface area (Å²) in [6.45, 7) is 4.24. The Labute approximate surface area is 164 Å². The molecule has 1 aliphatic rings. The Balaban J connectivity index is 2.10. The molecule has 9 nitrogen and oxygen atoms in total. The number of hydrogen-bond acceptors (Lipinski definition) is 6. The lowest BCUT2D eigenvalue weighted by atomic mass is 10.1. The zero-order valence-corrected chi connectivity index (χ0v) is 17.1. The molecule has 28 heavy (non-hydrogen) atoms. The van der Waals surface area contributed by atoms with Gasteiger partial charge in [0.05, 0.1) is 18.6 Å². The number of amides is 2. The van der Waals surface area contributed by atoms with Crippen molar-refractivity contribution >= 4 is 33.5 Å². The number of rotatable bonds is 6. The zero-order valence-electron chi connectivity index (χ0n) is 16.3. The van der Waals surface area contributed by atoms with Gasteiger partial charge in [-0.3, -0.25) is 13.9 Å². The van der Waals surface area contributed by atoms with Gasteiger partial charge in [0.1, 0.15) is 6.54 Å². The molecule has 154 valence electrons. The van der Waals surface area contributed by atoms with E-state index in [9.17, 15) is 22.8 Å².